The molecule has 16 heteroatoms. The molecule has 57 heavy (non-hydrogen) atoms. The molecule has 0 spiro atoms. The van der Waals surface area contributed by atoms with Gasteiger partial charge in [0.15, 0.2) is 18.3 Å². The lowest BCUT2D eigenvalue weighted by molar-refractivity contribution is -0.252. The number of carbonyl (C=O) groups is 7. The standard InChI is InChI=1S/C41H44N2O14/c1-23(44)51-22-35-38(55-25(3)46)39(56-26(4)47)37(54-24(2)45)34(57-35)18-36(48)42-19-33(40(49)52-20-27-12-6-5-7-13-27)43-41(50)53-21-32-30-16-10-8-14-28(30)29-15-9-11-17-31(29)32/h5-17,32-35,37-39H,18-22H2,1-4H3,(H,42,48)(H,43,50)/t33-,34+,35?,37?,38-,39+/m0/s1. The van der Waals surface area contributed by atoms with Crippen LogP contribution < -0.4 is 10.6 Å². The van der Waals surface area contributed by atoms with E-state index in [1.165, 1.54) is 0 Å². The lowest BCUT2D eigenvalue weighted by Gasteiger charge is -2.44. The Hall–Kier alpha value is -6.29. The summed E-state index contributed by atoms with van der Waals surface area (Å²) in [6.07, 6.45) is -8.45. The largest absolute Gasteiger partial charge is 0.463 e. The number of fused-ring (bicyclic) bond motifs is 3. The first-order valence-electron chi connectivity index (χ1n) is 18.2. The molecule has 1 heterocycles. The fourth-order valence-corrected chi connectivity index (χ4v) is 6.76. The van der Waals surface area contributed by atoms with Crippen LogP contribution in [0.1, 0.15) is 56.7 Å². The van der Waals surface area contributed by atoms with Gasteiger partial charge in [0.1, 0.15) is 38.1 Å². The van der Waals surface area contributed by atoms with Crippen LogP contribution in [0.15, 0.2) is 78.9 Å². The maximum absolute atomic E-state index is 13.5. The minimum absolute atomic E-state index is 0.0408. The molecule has 1 saturated heterocycles. The summed E-state index contributed by atoms with van der Waals surface area (Å²) in [5.74, 6) is -5.06. The van der Waals surface area contributed by atoms with Crippen molar-refractivity contribution in [1.29, 1.82) is 0 Å². The number of nitrogens with one attached hydrogen (secondary N) is 2. The van der Waals surface area contributed by atoms with E-state index in [2.05, 4.69) is 10.6 Å². The van der Waals surface area contributed by atoms with Gasteiger partial charge in [0.25, 0.3) is 0 Å². The number of hydrogen-bond donors (Lipinski definition) is 2. The van der Waals surface area contributed by atoms with Crippen molar-refractivity contribution in [3.63, 3.8) is 0 Å². The predicted octanol–water partition coefficient (Wildman–Crippen LogP) is 3.27. The minimum atomic E-state index is -1.47. The van der Waals surface area contributed by atoms with Crippen LogP contribution in [0.25, 0.3) is 11.1 Å². The Bertz CT molecular complexity index is 1910. The van der Waals surface area contributed by atoms with Gasteiger partial charge in [-0.15, -0.1) is 0 Å². The van der Waals surface area contributed by atoms with E-state index in [9.17, 15) is 33.6 Å². The molecule has 2 aliphatic rings. The van der Waals surface area contributed by atoms with Gasteiger partial charge in [0.05, 0.1) is 6.42 Å². The summed E-state index contributed by atoms with van der Waals surface area (Å²) in [7, 11) is 0. The van der Waals surface area contributed by atoms with Crippen LogP contribution in [0.2, 0.25) is 0 Å². The van der Waals surface area contributed by atoms with Crippen LogP contribution in [0.5, 0.6) is 0 Å². The fraction of sp³-hybridized carbons (Fsp3) is 0.390. The van der Waals surface area contributed by atoms with Gasteiger partial charge in [0, 0.05) is 40.2 Å². The Labute approximate surface area is 328 Å². The van der Waals surface area contributed by atoms with E-state index in [1.807, 2.05) is 48.5 Å². The van der Waals surface area contributed by atoms with Gasteiger partial charge in [-0.2, -0.15) is 0 Å². The van der Waals surface area contributed by atoms with Crippen molar-refractivity contribution in [2.45, 2.75) is 83.2 Å². The molecule has 0 bridgehead atoms. The number of amides is 2. The summed E-state index contributed by atoms with van der Waals surface area (Å²) in [5.41, 5.74) is 4.71. The van der Waals surface area contributed by atoms with Crippen molar-refractivity contribution in [2.75, 3.05) is 19.8 Å². The van der Waals surface area contributed by atoms with Gasteiger partial charge in [-0.25, -0.2) is 9.59 Å². The van der Waals surface area contributed by atoms with Crippen LogP contribution in [-0.2, 0) is 68.5 Å². The average molecular weight is 789 g/mol. The van der Waals surface area contributed by atoms with Crippen molar-refractivity contribution in [3.05, 3.63) is 95.6 Å². The third-order valence-corrected chi connectivity index (χ3v) is 9.12. The molecule has 6 atom stereocenters. The second-order valence-corrected chi connectivity index (χ2v) is 13.4. The molecule has 1 aliphatic carbocycles. The van der Waals surface area contributed by atoms with E-state index in [-0.39, 0.29) is 19.1 Å². The molecule has 2 N–H and O–H groups in total. The van der Waals surface area contributed by atoms with Crippen molar-refractivity contribution >= 4 is 41.8 Å². The summed E-state index contributed by atoms with van der Waals surface area (Å²) < 4.78 is 38.5. The smallest absolute Gasteiger partial charge is 0.407 e. The SMILES string of the molecule is CC(=O)OCC1O[C@H](CC(=O)NC[C@H](NC(=O)OCC2c3ccccc3-c3ccccc32)C(=O)OCc2ccccc2)C(OC(C)=O)[C@@H](OC(C)=O)[C@H]1OC(C)=O. The zero-order valence-corrected chi connectivity index (χ0v) is 31.8. The van der Waals surface area contributed by atoms with Crippen LogP contribution in [0, 0.1) is 0 Å². The molecule has 302 valence electrons. The second kappa shape index (κ2) is 19.5. The number of rotatable bonds is 15. The van der Waals surface area contributed by atoms with Crippen LogP contribution >= 0.6 is 0 Å². The van der Waals surface area contributed by atoms with E-state index in [0.29, 0.717) is 5.56 Å². The van der Waals surface area contributed by atoms with E-state index in [1.54, 1.807) is 30.3 Å². The molecule has 0 radical (unpaired) electrons. The minimum Gasteiger partial charge on any atom is -0.463 e. The monoisotopic (exact) mass is 788 g/mol. The summed E-state index contributed by atoms with van der Waals surface area (Å²) in [6, 6.07) is 23.0. The third kappa shape index (κ3) is 11.4. The van der Waals surface area contributed by atoms with Gasteiger partial charge < -0.3 is 43.8 Å². The maximum atomic E-state index is 13.5. The van der Waals surface area contributed by atoms with Gasteiger partial charge in [-0.3, -0.25) is 24.0 Å². The van der Waals surface area contributed by atoms with E-state index >= 15 is 0 Å². The summed E-state index contributed by atoms with van der Waals surface area (Å²) in [5, 5.41) is 5.07. The molecule has 3 aromatic carbocycles. The van der Waals surface area contributed by atoms with Gasteiger partial charge in [-0.1, -0.05) is 78.9 Å². The number of hydrogen-bond acceptors (Lipinski definition) is 14. The highest BCUT2D eigenvalue weighted by Crippen LogP contribution is 2.44. The molecular formula is C41H44N2O14. The van der Waals surface area contributed by atoms with Crippen molar-refractivity contribution in [1.82, 2.24) is 10.6 Å². The summed E-state index contributed by atoms with van der Waals surface area (Å²) in [6.45, 7) is 3.27. The number of alkyl carbamates (subject to hydrolysis) is 1. The van der Waals surface area contributed by atoms with Crippen LogP contribution in [-0.4, -0.2) is 98.2 Å². The highest BCUT2D eigenvalue weighted by molar-refractivity contribution is 5.84. The van der Waals surface area contributed by atoms with Crippen molar-refractivity contribution in [2.24, 2.45) is 0 Å². The van der Waals surface area contributed by atoms with Crippen molar-refractivity contribution in [3.8, 4) is 11.1 Å². The Morgan fingerprint density at radius 1 is 0.614 bits per heavy atom. The molecule has 1 aliphatic heterocycles. The quantitative estimate of drug-likeness (QED) is 0.168. The van der Waals surface area contributed by atoms with E-state index < -0.39 is 98.0 Å². The molecule has 0 saturated carbocycles. The van der Waals surface area contributed by atoms with Gasteiger partial charge in [-0.05, 0) is 27.8 Å². The fourth-order valence-electron chi connectivity index (χ4n) is 6.76. The zero-order valence-electron chi connectivity index (χ0n) is 31.8. The second-order valence-electron chi connectivity index (χ2n) is 13.4. The molecule has 3 aromatic rings. The average Bonchev–Trinajstić information content (AvgIpc) is 3.49. The Kier molecular flexibility index (Phi) is 14.3. The summed E-state index contributed by atoms with van der Waals surface area (Å²) >= 11 is 0. The molecule has 16 nitrogen and oxygen atoms in total. The van der Waals surface area contributed by atoms with E-state index in [4.69, 9.17) is 33.2 Å². The molecule has 1 fully saturated rings. The lowest BCUT2D eigenvalue weighted by Crippen LogP contribution is -2.63. The number of ether oxygens (including phenoxy) is 7. The van der Waals surface area contributed by atoms with Crippen molar-refractivity contribution < 1.29 is 66.7 Å². The predicted molar refractivity (Wildman–Crippen MR) is 198 cm³/mol. The zero-order chi connectivity index (χ0) is 41.1. The molecule has 2 unspecified atom stereocenters. The summed E-state index contributed by atoms with van der Waals surface area (Å²) in [4.78, 5) is 88.3. The normalized spacial score (nSPS) is 20.0. The van der Waals surface area contributed by atoms with Gasteiger partial charge >= 0.3 is 35.9 Å². The topological polar surface area (TPSA) is 208 Å². The number of esters is 5. The lowest BCUT2D eigenvalue weighted by atomic mass is 9.92. The molecule has 5 rings (SSSR count). The molecular weight excluding hydrogens is 744 g/mol. The Balaban J connectivity index is 1.30. The highest BCUT2D eigenvalue weighted by atomic mass is 16.7. The number of carbonyl (C=O) groups excluding carboxylic acids is 7. The number of benzene rings is 3. The first kappa shape index (κ1) is 41.9. The third-order valence-electron chi connectivity index (χ3n) is 9.12. The highest BCUT2D eigenvalue weighted by Gasteiger charge is 2.52. The van der Waals surface area contributed by atoms with Crippen LogP contribution in [0.4, 0.5) is 4.79 Å². The maximum Gasteiger partial charge on any atom is 0.407 e. The first-order valence-corrected chi connectivity index (χ1v) is 18.2. The Morgan fingerprint density at radius 2 is 1.16 bits per heavy atom. The Morgan fingerprint density at radius 3 is 1.74 bits per heavy atom. The first-order chi connectivity index (χ1) is 27.3. The molecule has 2 amide bonds. The van der Waals surface area contributed by atoms with Crippen LogP contribution in [0.3, 0.4) is 0 Å². The van der Waals surface area contributed by atoms with Gasteiger partial charge in [0.2, 0.25) is 5.91 Å². The molecule has 0 aromatic heterocycles. The van der Waals surface area contributed by atoms with E-state index in [0.717, 1.165) is 49.9 Å².